The minimum atomic E-state index is -6.36. The molecule has 1 saturated heterocycles. The number of likely N-dealkylation sites (tertiary alicyclic amines) is 1. The molecule has 2 aromatic rings. The molecule has 2 aliphatic heterocycles. The quantitative estimate of drug-likeness (QED) is 0.417. The molecule has 2 N–H and O–H groups in total. The van der Waals surface area contributed by atoms with Crippen molar-refractivity contribution in [3.63, 3.8) is 0 Å². The number of sulfone groups is 1. The summed E-state index contributed by atoms with van der Waals surface area (Å²) < 4.78 is 123. The van der Waals surface area contributed by atoms with Crippen LogP contribution in [0.4, 0.5) is 36.4 Å². The molecule has 1 amide bonds. The molecule has 234 valence electrons. The molecule has 7 nitrogen and oxygen atoms in total. The van der Waals surface area contributed by atoms with Gasteiger partial charge in [0.15, 0.2) is 9.84 Å². The molecule has 43 heavy (non-hydrogen) atoms. The zero-order chi connectivity index (χ0) is 31.6. The van der Waals surface area contributed by atoms with E-state index in [1.165, 1.54) is 29.2 Å². The SMILES string of the molecule is O=C(O)C1CCC(C(=O)N2CCC3(S(=O)(=O)c4ccccc4)c4ccc(C(F)(C(F)(F)F)C(F)(F)F)cc4NCC23)CC1. The molecule has 2 unspecified atom stereocenters. The van der Waals surface area contributed by atoms with Crippen molar-refractivity contribution in [1.29, 1.82) is 0 Å². The van der Waals surface area contributed by atoms with Crippen LogP contribution in [0.1, 0.15) is 43.2 Å². The summed E-state index contributed by atoms with van der Waals surface area (Å²) in [4.78, 5) is 26.3. The number of rotatable bonds is 5. The molecule has 2 heterocycles. The van der Waals surface area contributed by atoms with Crippen LogP contribution < -0.4 is 5.32 Å². The van der Waals surface area contributed by atoms with Crippen LogP contribution in [0.15, 0.2) is 53.4 Å². The number of aliphatic carboxylic acids is 1. The molecule has 15 heteroatoms. The Morgan fingerprint density at radius 1 is 0.884 bits per heavy atom. The average Bonchev–Trinajstić information content (AvgIpc) is 3.37. The van der Waals surface area contributed by atoms with Crippen LogP contribution in [0, 0.1) is 11.8 Å². The molecule has 2 fully saturated rings. The summed E-state index contributed by atoms with van der Waals surface area (Å²) in [6.07, 6.45) is -11.9. The predicted molar refractivity (Wildman–Crippen MR) is 138 cm³/mol. The summed E-state index contributed by atoms with van der Waals surface area (Å²) in [5.41, 5.74) is -8.07. The van der Waals surface area contributed by atoms with Gasteiger partial charge in [-0.05, 0) is 55.9 Å². The molecular weight excluding hydrogens is 609 g/mol. The highest BCUT2D eigenvalue weighted by Crippen LogP contribution is 2.57. The van der Waals surface area contributed by atoms with Crippen LogP contribution in [-0.4, -0.2) is 61.8 Å². The van der Waals surface area contributed by atoms with Crippen molar-refractivity contribution in [2.24, 2.45) is 11.8 Å². The van der Waals surface area contributed by atoms with Gasteiger partial charge in [-0.3, -0.25) is 9.59 Å². The van der Waals surface area contributed by atoms with Crippen LogP contribution >= 0.6 is 0 Å². The lowest BCUT2D eigenvalue weighted by Crippen LogP contribution is -2.56. The molecule has 0 spiro atoms. The second-order valence-electron chi connectivity index (χ2n) is 11.2. The molecule has 0 bridgehead atoms. The van der Waals surface area contributed by atoms with Gasteiger partial charge in [0.25, 0.3) is 0 Å². The maximum absolute atomic E-state index is 14.9. The fourth-order valence-electron chi connectivity index (χ4n) is 6.77. The van der Waals surface area contributed by atoms with Crippen LogP contribution in [0.2, 0.25) is 0 Å². The number of carboxylic acid groups (broad SMARTS) is 1. The van der Waals surface area contributed by atoms with E-state index in [0.717, 1.165) is 6.07 Å². The normalized spacial score (nSPS) is 26.3. The molecule has 0 aromatic heterocycles. The zero-order valence-electron chi connectivity index (χ0n) is 22.4. The molecular formula is C28H27F7N2O5S. The third-order valence-corrected chi connectivity index (χ3v) is 11.6. The standard InChI is InChI=1S/C28H27F7N2O5S/c29-26(27(30,31)32,28(33,34)35)18-10-11-20-21(14-18)36-15-22-25(20,43(41,42)19-4-2-1-3-5-19)12-13-37(22)23(38)16-6-8-17(9-7-16)24(39)40/h1-5,10-11,14,16-17,22,36H,6-9,12-13,15H2,(H,39,40). The Morgan fingerprint density at radius 2 is 1.47 bits per heavy atom. The number of carbonyl (C=O) groups excluding carboxylic acids is 1. The number of halogens is 7. The fraction of sp³-hybridized carbons (Fsp3) is 0.500. The van der Waals surface area contributed by atoms with Crippen molar-refractivity contribution in [2.45, 2.75) is 65.8 Å². The Morgan fingerprint density at radius 3 is 2.02 bits per heavy atom. The second kappa shape index (κ2) is 10.4. The fourth-order valence-corrected chi connectivity index (χ4v) is 9.10. The van der Waals surface area contributed by atoms with Gasteiger partial charge in [0.2, 0.25) is 5.91 Å². The van der Waals surface area contributed by atoms with Gasteiger partial charge in [0, 0.05) is 30.3 Å². The van der Waals surface area contributed by atoms with E-state index >= 15 is 0 Å². The van der Waals surface area contributed by atoms with Crippen molar-refractivity contribution in [2.75, 3.05) is 18.4 Å². The molecule has 2 atom stereocenters. The summed E-state index contributed by atoms with van der Waals surface area (Å²) in [6, 6.07) is 7.35. The topological polar surface area (TPSA) is 104 Å². The van der Waals surface area contributed by atoms with Crippen molar-refractivity contribution < 1.29 is 53.8 Å². The smallest absolute Gasteiger partial charge is 0.435 e. The Kier molecular flexibility index (Phi) is 7.50. The molecule has 1 aliphatic carbocycles. The Balaban J connectivity index is 1.61. The maximum Gasteiger partial charge on any atom is 0.435 e. The van der Waals surface area contributed by atoms with E-state index in [9.17, 15) is 53.8 Å². The number of carboxylic acids is 1. The van der Waals surface area contributed by atoms with Crippen molar-refractivity contribution in [3.8, 4) is 0 Å². The summed E-state index contributed by atoms with van der Waals surface area (Å²) in [5, 5.41) is 12.0. The zero-order valence-corrected chi connectivity index (χ0v) is 23.2. The van der Waals surface area contributed by atoms with Crippen molar-refractivity contribution >= 4 is 27.4 Å². The first-order valence-electron chi connectivity index (χ1n) is 13.5. The molecule has 0 radical (unpaired) electrons. The minimum absolute atomic E-state index is 0.0879. The first-order valence-corrected chi connectivity index (χ1v) is 15.0. The Hall–Kier alpha value is -3.36. The van der Waals surface area contributed by atoms with Gasteiger partial charge in [-0.2, -0.15) is 26.3 Å². The van der Waals surface area contributed by atoms with E-state index in [1.54, 1.807) is 6.07 Å². The summed E-state index contributed by atoms with van der Waals surface area (Å²) >= 11 is 0. The van der Waals surface area contributed by atoms with Crippen LogP contribution in [-0.2, 0) is 29.8 Å². The number of anilines is 1. The minimum Gasteiger partial charge on any atom is -0.481 e. The summed E-state index contributed by atoms with van der Waals surface area (Å²) in [6.45, 7) is -0.439. The Bertz CT molecular complexity index is 1510. The number of amides is 1. The van der Waals surface area contributed by atoms with E-state index in [1.807, 2.05) is 0 Å². The molecule has 2 aromatic carbocycles. The van der Waals surface area contributed by atoms with Gasteiger partial charge in [0.05, 0.1) is 16.9 Å². The molecule has 1 saturated carbocycles. The lowest BCUT2D eigenvalue weighted by molar-refractivity contribution is -0.348. The molecule has 3 aliphatic rings. The van der Waals surface area contributed by atoms with Gasteiger partial charge < -0.3 is 15.3 Å². The van der Waals surface area contributed by atoms with Crippen LogP contribution in [0.3, 0.4) is 0 Å². The number of carbonyl (C=O) groups is 2. The van der Waals surface area contributed by atoms with E-state index < -0.39 is 73.6 Å². The Labute approximate surface area is 242 Å². The van der Waals surface area contributed by atoms with Gasteiger partial charge in [-0.15, -0.1) is 0 Å². The van der Waals surface area contributed by atoms with Crippen LogP contribution in [0.25, 0.3) is 0 Å². The number of nitrogens with one attached hydrogen (secondary N) is 1. The predicted octanol–water partition coefficient (Wildman–Crippen LogP) is 5.56. The van der Waals surface area contributed by atoms with Gasteiger partial charge in [-0.1, -0.05) is 30.3 Å². The van der Waals surface area contributed by atoms with Gasteiger partial charge in [0.1, 0.15) is 4.75 Å². The first kappa shape index (κ1) is 31.1. The van der Waals surface area contributed by atoms with Gasteiger partial charge >= 0.3 is 24.0 Å². The summed E-state index contributed by atoms with van der Waals surface area (Å²) in [7, 11) is -4.45. The number of fused-ring (bicyclic) bond motifs is 3. The lowest BCUT2D eigenvalue weighted by atomic mass is 9.80. The maximum atomic E-state index is 14.9. The van der Waals surface area contributed by atoms with Crippen molar-refractivity contribution in [3.05, 3.63) is 59.7 Å². The lowest BCUT2D eigenvalue weighted by Gasteiger charge is -2.44. The van der Waals surface area contributed by atoms with E-state index in [-0.39, 0.29) is 55.7 Å². The number of nitrogens with zero attached hydrogens (tertiary/aromatic N) is 1. The van der Waals surface area contributed by atoms with E-state index in [4.69, 9.17) is 0 Å². The third-order valence-electron chi connectivity index (χ3n) is 9.02. The van der Waals surface area contributed by atoms with Crippen molar-refractivity contribution in [1.82, 2.24) is 4.90 Å². The highest BCUT2D eigenvalue weighted by atomic mass is 32.2. The number of hydrogen-bond acceptors (Lipinski definition) is 5. The highest BCUT2D eigenvalue weighted by Gasteiger charge is 2.74. The second-order valence-corrected chi connectivity index (χ2v) is 13.4. The number of hydrogen-bond donors (Lipinski definition) is 2. The monoisotopic (exact) mass is 636 g/mol. The highest BCUT2D eigenvalue weighted by molar-refractivity contribution is 7.92. The number of alkyl halides is 7. The number of benzene rings is 2. The molecule has 5 rings (SSSR count). The van der Waals surface area contributed by atoms with Gasteiger partial charge in [-0.25, -0.2) is 12.8 Å². The average molecular weight is 637 g/mol. The van der Waals surface area contributed by atoms with Crippen LogP contribution in [0.5, 0.6) is 0 Å². The van der Waals surface area contributed by atoms with E-state index in [2.05, 4.69) is 5.32 Å². The largest absolute Gasteiger partial charge is 0.481 e. The third kappa shape index (κ3) is 4.65. The van der Waals surface area contributed by atoms with E-state index in [0.29, 0.717) is 12.1 Å². The first-order chi connectivity index (χ1) is 20.0. The summed E-state index contributed by atoms with van der Waals surface area (Å²) in [5.74, 6) is -2.56.